The molecule has 0 bridgehead atoms. The highest BCUT2D eigenvalue weighted by Crippen LogP contribution is 2.30. The highest BCUT2D eigenvalue weighted by Gasteiger charge is 2.06. The third-order valence-corrected chi connectivity index (χ3v) is 3.21. The molecule has 2 rings (SSSR count). The van der Waals surface area contributed by atoms with E-state index in [0.29, 0.717) is 11.3 Å². The summed E-state index contributed by atoms with van der Waals surface area (Å²) in [6, 6.07) is 11.3. The van der Waals surface area contributed by atoms with E-state index in [-0.39, 0.29) is 0 Å². The first-order valence-corrected chi connectivity index (χ1v) is 6.39. The second-order valence-electron chi connectivity index (χ2n) is 4.15. The number of hydrogen-bond acceptors (Lipinski definition) is 2. The summed E-state index contributed by atoms with van der Waals surface area (Å²) in [6.45, 7) is 3.94. The van der Waals surface area contributed by atoms with E-state index in [1.807, 2.05) is 38.1 Å². The van der Waals surface area contributed by atoms with Crippen LogP contribution in [0.15, 0.2) is 40.9 Å². The molecule has 2 aromatic carbocycles. The van der Waals surface area contributed by atoms with E-state index in [9.17, 15) is 4.79 Å². The number of halogens is 1. The predicted octanol–water partition coefficient (Wildman–Crippen LogP) is 4.67. The molecule has 0 fully saturated rings. The number of ether oxygens (including phenoxy) is 1. The Kier molecular flexibility index (Phi) is 3.82. The van der Waals surface area contributed by atoms with E-state index in [0.717, 1.165) is 27.6 Å². The molecule has 0 heterocycles. The Hall–Kier alpha value is -1.61. The zero-order chi connectivity index (χ0) is 13.1. The molecule has 0 unspecified atom stereocenters. The van der Waals surface area contributed by atoms with Crippen molar-refractivity contribution in [2.24, 2.45) is 0 Å². The molecule has 0 aromatic heterocycles. The smallest absolute Gasteiger partial charge is 0.150 e. The maximum absolute atomic E-state index is 10.8. The fourth-order valence-corrected chi connectivity index (χ4v) is 1.94. The van der Waals surface area contributed by atoms with Gasteiger partial charge in [0.25, 0.3) is 0 Å². The fourth-order valence-electron chi connectivity index (χ4n) is 1.60. The van der Waals surface area contributed by atoms with Gasteiger partial charge in [0.1, 0.15) is 17.8 Å². The fraction of sp³-hybridized carbons (Fsp3) is 0.133. The summed E-state index contributed by atoms with van der Waals surface area (Å²) >= 11 is 3.42. The average molecular weight is 305 g/mol. The molecule has 0 saturated heterocycles. The third kappa shape index (κ3) is 2.79. The van der Waals surface area contributed by atoms with Crippen LogP contribution in [0.25, 0.3) is 0 Å². The van der Waals surface area contributed by atoms with E-state index in [2.05, 4.69) is 15.9 Å². The number of rotatable bonds is 3. The van der Waals surface area contributed by atoms with Crippen LogP contribution in [-0.2, 0) is 0 Å². The van der Waals surface area contributed by atoms with Crippen LogP contribution in [0.3, 0.4) is 0 Å². The molecule has 0 atom stereocenters. The topological polar surface area (TPSA) is 26.3 Å². The minimum atomic E-state index is 0.614. The van der Waals surface area contributed by atoms with Crippen LogP contribution < -0.4 is 4.74 Å². The first-order valence-electron chi connectivity index (χ1n) is 5.60. The van der Waals surface area contributed by atoms with Crippen molar-refractivity contribution in [1.82, 2.24) is 0 Å². The number of hydrogen-bond donors (Lipinski definition) is 0. The van der Waals surface area contributed by atoms with Crippen molar-refractivity contribution in [3.05, 3.63) is 57.6 Å². The molecule has 0 aliphatic heterocycles. The van der Waals surface area contributed by atoms with E-state index in [1.165, 1.54) is 0 Å². The molecule has 2 aromatic rings. The molecule has 18 heavy (non-hydrogen) atoms. The minimum absolute atomic E-state index is 0.614. The van der Waals surface area contributed by atoms with Crippen LogP contribution in [0, 0.1) is 13.8 Å². The third-order valence-electron chi connectivity index (χ3n) is 2.72. The van der Waals surface area contributed by atoms with Gasteiger partial charge < -0.3 is 4.74 Å². The maximum atomic E-state index is 10.8. The lowest BCUT2D eigenvalue weighted by atomic mass is 10.1. The van der Waals surface area contributed by atoms with E-state index in [4.69, 9.17) is 4.74 Å². The molecule has 0 amide bonds. The van der Waals surface area contributed by atoms with E-state index in [1.54, 1.807) is 12.1 Å². The number of carbonyl (C=O) groups excluding carboxylic acids is 1. The monoisotopic (exact) mass is 304 g/mol. The van der Waals surface area contributed by atoms with E-state index >= 15 is 0 Å². The summed E-state index contributed by atoms with van der Waals surface area (Å²) in [6.07, 6.45) is 0.820. The van der Waals surface area contributed by atoms with Gasteiger partial charge in [-0.05, 0) is 43.2 Å². The Morgan fingerprint density at radius 1 is 1.00 bits per heavy atom. The predicted molar refractivity (Wildman–Crippen MR) is 75.5 cm³/mol. The second-order valence-corrected chi connectivity index (χ2v) is 5.07. The molecular weight excluding hydrogens is 292 g/mol. The lowest BCUT2D eigenvalue weighted by molar-refractivity contribution is 0.112. The number of carbonyl (C=O) groups is 1. The highest BCUT2D eigenvalue weighted by molar-refractivity contribution is 9.10. The number of aryl methyl sites for hydroxylation is 2. The molecule has 2 nitrogen and oxygen atoms in total. The van der Waals surface area contributed by atoms with Gasteiger partial charge in [-0.2, -0.15) is 0 Å². The van der Waals surface area contributed by atoms with Gasteiger partial charge in [-0.15, -0.1) is 0 Å². The van der Waals surface area contributed by atoms with Gasteiger partial charge in [-0.25, -0.2) is 0 Å². The van der Waals surface area contributed by atoms with Crippen LogP contribution in [0.2, 0.25) is 0 Å². The van der Waals surface area contributed by atoms with Crippen molar-refractivity contribution in [3.63, 3.8) is 0 Å². The molecule has 0 radical (unpaired) electrons. The van der Waals surface area contributed by atoms with Gasteiger partial charge in [0, 0.05) is 10.0 Å². The highest BCUT2D eigenvalue weighted by atomic mass is 79.9. The molecule has 0 spiro atoms. The summed E-state index contributed by atoms with van der Waals surface area (Å²) in [4.78, 5) is 10.8. The Bertz CT molecular complexity index is 591. The SMILES string of the molecule is Cc1ccc(Br)cc1Oc1cc(C=O)ccc1C. The normalized spacial score (nSPS) is 10.2. The van der Waals surface area contributed by atoms with Crippen molar-refractivity contribution in [1.29, 1.82) is 0 Å². The average Bonchev–Trinajstić information content (AvgIpc) is 2.36. The second kappa shape index (κ2) is 5.36. The van der Waals surface area contributed by atoms with Gasteiger partial charge in [0.2, 0.25) is 0 Å². The summed E-state index contributed by atoms with van der Waals surface area (Å²) in [5.41, 5.74) is 2.66. The summed E-state index contributed by atoms with van der Waals surface area (Å²) in [5, 5.41) is 0. The van der Waals surface area contributed by atoms with Crippen LogP contribution in [0.1, 0.15) is 21.5 Å². The molecule has 3 heteroatoms. The minimum Gasteiger partial charge on any atom is -0.457 e. The van der Waals surface area contributed by atoms with Crippen molar-refractivity contribution in [2.45, 2.75) is 13.8 Å². The molecular formula is C15H13BrO2. The zero-order valence-corrected chi connectivity index (χ0v) is 11.8. The quantitative estimate of drug-likeness (QED) is 0.770. The van der Waals surface area contributed by atoms with Crippen molar-refractivity contribution >= 4 is 22.2 Å². The molecule has 0 aliphatic rings. The standard InChI is InChI=1S/C15H13BrO2/c1-10-3-5-12(9-17)7-14(10)18-15-8-13(16)6-4-11(15)2/h3-9H,1-2H3. The molecule has 92 valence electrons. The lowest BCUT2D eigenvalue weighted by Gasteiger charge is -2.11. The summed E-state index contributed by atoms with van der Waals surface area (Å²) < 4.78 is 6.84. The lowest BCUT2D eigenvalue weighted by Crippen LogP contribution is -1.92. The summed E-state index contributed by atoms with van der Waals surface area (Å²) in [5.74, 6) is 1.50. The van der Waals surface area contributed by atoms with Gasteiger partial charge >= 0.3 is 0 Å². The maximum Gasteiger partial charge on any atom is 0.150 e. The van der Waals surface area contributed by atoms with Gasteiger partial charge in [-0.1, -0.05) is 34.1 Å². The van der Waals surface area contributed by atoms with Crippen LogP contribution in [0.4, 0.5) is 0 Å². The van der Waals surface area contributed by atoms with Gasteiger partial charge in [-0.3, -0.25) is 4.79 Å². The number of aldehydes is 1. The van der Waals surface area contributed by atoms with Crippen LogP contribution in [0.5, 0.6) is 11.5 Å². The van der Waals surface area contributed by atoms with E-state index < -0.39 is 0 Å². The molecule has 0 saturated carbocycles. The van der Waals surface area contributed by atoms with Crippen molar-refractivity contribution in [3.8, 4) is 11.5 Å². The largest absolute Gasteiger partial charge is 0.457 e. The van der Waals surface area contributed by atoms with Gasteiger partial charge in [0.15, 0.2) is 0 Å². The van der Waals surface area contributed by atoms with Gasteiger partial charge in [0.05, 0.1) is 0 Å². The molecule has 0 N–H and O–H groups in total. The Morgan fingerprint density at radius 2 is 1.61 bits per heavy atom. The van der Waals surface area contributed by atoms with Crippen molar-refractivity contribution < 1.29 is 9.53 Å². The zero-order valence-electron chi connectivity index (χ0n) is 10.2. The number of benzene rings is 2. The van der Waals surface area contributed by atoms with Crippen LogP contribution in [-0.4, -0.2) is 6.29 Å². The Balaban J connectivity index is 2.38. The Labute approximate surface area is 115 Å². The molecule has 0 aliphatic carbocycles. The first kappa shape index (κ1) is 12.8. The Morgan fingerprint density at radius 3 is 2.28 bits per heavy atom. The summed E-state index contributed by atoms with van der Waals surface area (Å²) in [7, 11) is 0. The van der Waals surface area contributed by atoms with Crippen molar-refractivity contribution in [2.75, 3.05) is 0 Å². The first-order chi connectivity index (χ1) is 8.60. The van der Waals surface area contributed by atoms with Crippen LogP contribution >= 0.6 is 15.9 Å².